The molecule has 0 aromatic carbocycles. The lowest BCUT2D eigenvalue weighted by Gasteiger charge is -2.13. The summed E-state index contributed by atoms with van der Waals surface area (Å²) < 4.78 is 10.8. The first-order valence-corrected chi connectivity index (χ1v) is 5.07. The molecule has 1 heterocycles. The van der Waals surface area contributed by atoms with Crippen molar-refractivity contribution in [1.29, 1.82) is 0 Å². The Hall–Kier alpha value is -0.120. The molecule has 0 aromatic heterocycles. The molecule has 1 aliphatic heterocycles. The molecule has 0 bridgehead atoms. The predicted molar refractivity (Wildman–Crippen MR) is 52.4 cm³/mol. The van der Waals surface area contributed by atoms with Crippen molar-refractivity contribution in [1.82, 2.24) is 4.90 Å². The summed E-state index contributed by atoms with van der Waals surface area (Å²) in [6, 6.07) is 0. The van der Waals surface area contributed by atoms with E-state index in [2.05, 4.69) is 18.7 Å². The molecule has 3 nitrogen and oxygen atoms in total. The van der Waals surface area contributed by atoms with Gasteiger partial charge in [0.05, 0.1) is 6.10 Å². The molecular weight excluding hydrogens is 166 g/mol. The van der Waals surface area contributed by atoms with Gasteiger partial charge in [-0.1, -0.05) is 6.92 Å². The van der Waals surface area contributed by atoms with E-state index >= 15 is 0 Å². The van der Waals surface area contributed by atoms with Crippen LogP contribution < -0.4 is 0 Å². The molecule has 0 spiro atoms. The largest absolute Gasteiger partial charge is 0.355 e. The molecule has 1 radical (unpaired) electrons. The molecular formula is C10H20NO2. The van der Waals surface area contributed by atoms with E-state index in [1.54, 1.807) is 0 Å². The third-order valence-electron chi connectivity index (χ3n) is 2.28. The molecule has 3 heteroatoms. The van der Waals surface area contributed by atoms with Gasteiger partial charge in [0.25, 0.3) is 0 Å². The van der Waals surface area contributed by atoms with Crippen molar-refractivity contribution in [2.24, 2.45) is 0 Å². The van der Waals surface area contributed by atoms with Gasteiger partial charge in [0.2, 0.25) is 0 Å². The van der Waals surface area contributed by atoms with Crippen molar-refractivity contribution < 1.29 is 9.47 Å². The number of hydrogen-bond acceptors (Lipinski definition) is 3. The van der Waals surface area contributed by atoms with Crippen molar-refractivity contribution in [3.8, 4) is 0 Å². The fourth-order valence-electron chi connectivity index (χ4n) is 1.48. The summed E-state index contributed by atoms with van der Waals surface area (Å²) in [6.45, 7) is 10.2. The van der Waals surface area contributed by atoms with Gasteiger partial charge in [0.1, 0.15) is 6.79 Å². The van der Waals surface area contributed by atoms with Crippen LogP contribution in [0, 0.1) is 6.92 Å². The summed E-state index contributed by atoms with van der Waals surface area (Å²) in [5.41, 5.74) is 0. The molecule has 1 unspecified atom stereocenters. The predicted octanol–water partition coefficient (Wildman–Crippen LogP) is 1.30. The summed E-state index contributed by atoms with van der Waals surface area (Å²) in [7, 11) is 0. The summed E-state index contributed by atoms with van der Waals surface area (Å²) >= 11 is 0. The lowest BCUT2D eigenvalue weighted by molar-refractivity contribution is -0.0850. The molecule has 13 heavy (non-hydrogen) atoms. The van der Waals surface area contributed by atoms with Gasteiger partial charge in [0.15, 0.2) is 0 Å². The van der Waals surface area contributed by atoms with Gasteiger partial charge in [-0.3, -0.25) is 0 Å². The Bertz CT molecular complexity index is 130. The molecule has 0 saturated carbocycles. The van der Waals surface area contributed by atoms with E-state index in [0.717, 1.165) is 39.1 Å². The van der Waals surface area contributed by atoms with Crippen LogP contribution in [0.25, 0.3) is 0 Å². The molecule has 1 rings (SSSR count). The minimum atomic E-state index is 0.360. The van der Waals surface area contributed by atoms with Gasteiger partial charge in [0, 0.05) is 19.7 Å². The first kappa shape index (κ1) is 11.0. The standard InChI is InChI=1S/C10H20NO2/c1-3-7-12-9-13-10-5-6-11(4-2)8-10/h10H,2-9H2,1H3. The number of likely N-dealkylation sites (tertiary alicyclic amines) is 1. The minimum Gasteiger partial charge on any atom is -0.355 e. The normalized spacial score (nSPS) is 24.0. The monoisotopic (exact) mass is 186 g/mol. The fraction of sp³-hybridized carbons (Fsp3) is 0.900. The minimum absolute atomic E-state index is 0.360. The summed E-state index contributed by atoms with van der Waals surface area (Å²) in [5, 5.41) is 0. The Morgan fingerprint density at radius 1 is 1.54 bits per heavy atom. The van der Waals surface area contributed by atoms with E-state index in [4.69, 9.17) is 9.47 Å². The topological polar surface area (TPSA) is 21.7 Å². The second-order valence-electron chi connectivity index (χ2n) is 3.40. The van der Waals surface area contributed by atoms with Gasteiger partial charge >= 0.3 is 0 Å². The highest BCUT2D eigenvalue weighted by Crippen LogP contribution is 2.11. The van der Waals surface area contributed by atoms with Crippen LogP contribution in [-0.2, 0) is 9.47 Å². The zero-order valence-electron chi connectivity index (χ0n) is 8.50. The molecule has 1 atom stereocenters. The Balaban J connectivity index is 1.97. The van der Waals surface area contributed by atoms with Gasteiger partial charge in [-0.25, -0.2) is 0 Å². The summed E-state index contributed by atoms with van der Waals surface area (Å²) in [6.07, 6.45) is 2.53. The fourth-order valence-corrected chi connectivity index (χ4v) is 1.48. The Morgan fingerprint density at radius 3 is 3.00 bits per heavy atom. The third-order valence-corrected chi connectivity index (χ3v) is 2.28. The van der Waals surface area contributed by atoms with Crippen LogP contribution in [0.2, 0.25) is 0 Å². The maximum atomic E-state index is 5.55. The number of ether oxygens (including phenoxy) is 2. The van der Waals surface area contributed by atoms with E-state index in [1.807, 2.05) is 0 Å². The molecule has 0 amide bonds. The highest BCUT2D eigenvalue weighted by molar-refractivity contribution is 4.75. The third kappa shape index (κ3) is 4.07. The lowest BCUT2D eigenvalue weighted by Crippen LogP contribution is -2.23. The smallest absolute Gasteiger partial charge is 0.147 e. The van der Waals surface area contributed by atoms with E-state index in [1.165, 1.54) is 0 Å². The van der Waals surface area contributed by atoms with Gasteiger partial charge in [-0.15, -0.1) is 0 Å². The average Bonchev–Trinajstić information content (AvgIpc) is 2.60. The first-order valence-electron chi connectivity index (χ1n) is 5.07. The van der Waals surface area contributed by atoms with Crippen molar-refractivity contribution in [3.05, 3.63) is 6.92 Å². The molecule has 77 valence electrons. The second-order valence-corrected chi connectivity index (χ2v) is 3.40. The maximum absolute atomic E-state index is 5.55. The van der Waals surface area contributed by atoms with Crippen LogP contribution in [0.5, 0.6) is 0 Å². The van der Waals surface area contributed by atoms with Crippen LogP contribution in [0.3, 0.4) is 0 Å². The van der Waals surface area contributed by atoms with E-state index in [0.29, 0.717) is 12.9 Å². The Kier molecular flexibility index (Phi) is 5.35. The summed E-state index contributed by atoms with van der Waals surface area (Å²) in [5.74, 6) is 0. The van der Waals surface area contributed by atoms with E-state index < -0.39 is 0 Å². The number of rotatable bonds is 6. The first-order chi connectivity index (χ1) is 6.36. The lowest BCUT2D eigenvalue weighted by atomic mass is 10.3. The van der Waals surface area contributed by atoms with E-state index in [9.17, 15) is 0 Å². The van der Waals surface area contributed by atoms with Gasteiger partial charge < -0.3 is 14.4 Å². The molecule has 1 fully saturated rings. The van der Waals surface area contributed by atoms with Crippen molar-refractivity contribution in [2.75, 3.05) is 33.0 Å². The second kappa shape index (κ2) is 6.35. The van der Waals surface area contributed by atoms with Crippen molar-refractivity contribution in [3.63, 3.8) is 0 Å². The Morgan fingerprint density at radius 2 is 2.38 bits per heavy atom. The van der Waals surface area contributed by atoms with Crippen LogP contribution in [0.15, 0.2) is 0 Å². The molecule has 1 aliphatic rings. The van der Waals surface area contributed by atoms with Gasteiger partial charge in [-0.2, -0.15) is 0 Å². The van der Waals surface area contributed by atoms with E-state index in [-0.39, 0.29) is 0 Å². The summed E-state index contributed by atoms with van der Waals surface area (Å²) in [4.78, 5) is 2.30. The number of nitrogens with zero attached hydrogens (tertiary/aromatic N) is 1. The van der Waals surface area contributed by atoms with Gasteiger partial charge in [-0.05, 0) is 26.3 Å². The highest BCUT2D eigenvalue weighted by Gasteiger charge is 2.21. The molecule has 1 saturated heterocycles. The quantitative estimate of drug-likeness (QED) is 0.461. The highest BCUT2D eigenvalue weighted by atomic mass is 16.7. The SMILES string of the molecule is [CH2]CN1CCC(OCOCCC)C1. The van der Waals surface area contributed by atoms with Crippen LogP contribution >= 0.6 is 0 Å². The number of hydrogen-bond donors (Lipinski definition) is 0. The van der Waals surface area contributed by atoms with Crippen molar-refractivity contribution in [2.45, 2.75) is 25.9 Å². The Labute approximate surface area is 81.0 Å². The molecule has 0 N–H and O–H groups in total. The van der Waals surface area contributed by atoms with Crippen LogP contribution in [0.4, 0.5) is 0 Å². The molecule has 0 aliphatic carbocycles. The zero-order chi connectivity index (χ0) is 9.52. The molecule has 0 aromatic rings. The maximum Gasteiger partial charge on any atom is 0.147 e. The van der Waals surface area contributed by atoms with Crippen LogP contribution in [-0.4, -0.2) is 44.0 Å². The average molecular weight is 186 g/mol. The van der Waals surface area contributed by atoms with Crippen molar-refractivity contribution >= 4 is 0 Å². The zero-order valence-corrected chi connectivity index (χ0v) is 8.50. The van der Waals surface area contributed by atoms with Crippen LogP contribution in [0.1, 0.15) is 19.8 Å².